The highest BCUT2D eigenvalue weighted by atomic mass is 32.2. The number of nitrogens with zero attached hydrogens (tertiary/aromatic N) is 3. The molecule has 1 aliphatic heterocycles. The molecule has 0 radical (unpaired) electrons. The van der Waals surface area contributed by atoms with Crippen LogP contribution in [0, 0.1) is 0 Å². The van der Waals surface area contributed by atoms with E-state index in [4.69, 9.17) is 14.5 Å². The Kier molecular flexibility index (Phi) is 9.19. The number of nitrogens with one attached hydrogen (secondary N) is 2. The van der Waals surface area contributed by atoms with Crippen molar-refractivity contribution in [2.24, 2.45) is 0 Å². The van der Waals surface area contributed by atoms with Gasteiger partial charge in [0.25, 0.3) is 0 Å². The first-order valence-corrected chi connectivity index (χ1v) is 15.6. The molecule has 1 amide bonds. The fourth-order valence-corrected chi connectivity index (χ4v) is 6.27. The molecule has 1 saturated heterocycles. The number of piperidine rings is 1. The van der Waals surface area contributed by atoms with E-state index in [2.05, 4.69) is 20.5 Å². The number of ether oxygens (including phenoxy) is 2. The Morgan fingerprint density at radius 3 is 2.24 bits per heavy atom. The Hall–Kier alpha value is -4.22. The van der Waals surface area contributed by atoms with Crippen molar-refractivity contribution < 1.29 is 22.7 Å². The number of fused-ring (bicyclic) bond motifs is 1. The highest BCUT2D eigenvalue weighted by molar-refractivity contribution is 7.90. The molecule has 3 aromatic carbocycles. The molecule has 0 bridgehead atoms. The second kappa shape index (κ2) is 13.2. The molecule has 42 heavy (non-hydrogen) atoms. The molecule has 5 rings (SSSR count). The summed E-state index contributed by atoms with van der Waals surface area (Å²) in [6.07, 6.45) is 3.91. The van der Waals surface area contributed by atoms with E-state index in [0.29, 0.717) is 52.7 Å². The molecule has 1 fully saturated rings. The minimum atomic E-state index is -3.86. The molecule has 10 nitrogen and oxygen atoms in total. The van der Waals surface area contributed by atoms with Crippen LogP contribution in [0.4, 0.5) is 17.2 Å². The molecule has 1 aromatic heterocycles. The highest BCUT2D eigenvalue weighted by Crippen LogP contribution is 2.30. The van der Waals surface area contributed by atoms with Gasteiger partial charge in [-0.3, -0.25) is 4.79 Å². The maximum Gasteiger partial charge on any atom is 0.225 e. The lowest BCUT2D eigenvalue weighted by Gasteiger charge is -2.25. The third-order valence-corrected chi connectivity index (χ3v) is 8.79. The molecular weight excluding hydrogens is 554 g/mol. The van der Waals surface area contributed by atoms with Crippen molar-refractivity contribution in [3.05, 3.63) is 72.4 Å². The summed E-state index contributed by atoms with van der Waals surface area (Å²) in [5.74, 6) is 0.885. The van der Waals surface area contributed by atoms with Crippen LogP contribution in [-0.4, -0.2) is 63.0 Å². The molecule has 0 aliphatic carbocycles. The van der Waals surface area contributed by atoms with Gasteiger partial charge in [-0.25, -0.2) is 18.4 Å². The van der Waals surface area contributed by atoms with Gasteiger partial charge in [-0.2, -0.15) is 0 Å². The average molecular weight is 590 g/mol. The van der Waals surface area contributed by atoms with Crippen LogP contribution < -0.4 is 20.1 Å². The number of para-hydroxylation sites is 2. The fraction of sp³-hybridized carbons (Fsp3) is 0.323. The van der Waals surface area contributed by atoms with Crippen LogP contribution >= 0.6 is 0 Å². The number of likely N-dealkylation sites (tertiary alicyclic amines) is 1. The Morgan fingerprint density at radius 1 is 0.857 bits per heavy atom. The molecule has 0 saturated carbocycles. The van der Waals surface area contributed by atoms with Crippen molar-refractivity contribution in [2.75, 3.05) is 44.5 Å². The van der Waals surface area contributed by atoms with E-state index < -0.39 is 15.6 Å². The van der Waals surface area contributed by atoms with Crippen LogP contribution in [0.3, 0.4) is 0 Å². The van der Waals surface area contributed by atoms with Crippen molar-refractivity contribution in [3.8, 4) is 11.5 Å². The van der Waals surface area contributed by atoms with Crippen LogP contribution in [-0.2, 0) is 20.4 Å². The Morgan fingerprint density at radius 2 is 1.55 bits per heavy atom. The van der Waals surface area contributed by atoms with Gasteiger partial charge in [0.15, 0.2) is 15.7 Å². The summed E-state index contributed by atoms with van der Waals surface area (Å²) in [7, 11) is -0.755. The zero-order valence-electron chi connectivity index (χ0n) is 23.8. The lowest BCUT2D eigenvalue weighted by molar-refractivity contribution is -0.116. The van der Waals surface area contributed by atoms with Gasteiger partial charge in [0.2, 0.25) is 5.91 Å². The lowest BCUT2D eigenvalue weighted by atomic mass is 10.1. The number of anilines is 3. The van der Waals surface area contributed by atoms with Gasteiger partial charge in [0.05, 0.1) is 35.8 Å². The van der Waals surface area contributed by atoms with Gasteiger partial charge >= 0.3 is 0 Å². The van der Waals surface area contributed by atoms with Crippen LogP contribution in [0.1, 0.15) is 31.4 Å². The van der Waals surface area contributed by atoms with Gasteiger partial charge in [0, 0.05) is 42.5 Å². The minimum Gasteiger partial charge on any atom is -0.497 e. The van der Waals surface area contributed by atoms with Crippen LogP contribution in [0.25, 0.3) is 11.0 Å². The molecule has 0 unspecified atom stereocenters. The Balaban J connectivity index is 1.38. The first kappa shape index (κ1) is 29.3. The summed E-state index contributed by atoms with van der Waals surface area (Å²) in [5, 5.41) is 6.06. The maximum atomic E-state index is 13.7. The van der Waals surface area contributed by atoms with Crippen molar-refractivity contribution in [3.63, 3.8) is 0 Å². The van der Waals surface area contributed by atoms with E-state index in [1.807, 2.05) is 18.2 Å². The standard InChI is InChI=1S/C31H35N5O5S/c1-40-24-17-23(18-25(20-24)41-2)33-31-29(34-27-11-4-5-12-28(27)35-31)21-42(38,39)26-10-8-9-22(19-26)32-30(37)13-16-36-14-6-3-7-15-36/h4-5,8-12,17-20H,3,6-7,13-16,21H2,1-2H3,(H,32,37)(H,33,35). The van der Waals surface area contributed by atoms with Crippen LogP contribution in [0.2, 0.25) is 0 Å². The predicted molar refractivity (Wildman–Crippen MR) is 163 cm³/mol. The Labute approximate surface area is 246 Å². The molecule has 1 aliphatic rings. The van der Waals surface area contributed by atoms with Crippen molar-refractivity contribution in [1.29, 1.82) is 0 Å². The largest absolute Gasteiger partial charge is 0.497 e. The number of sulfone groups is 1. The molecule has 2 heterocycles. The first-order valence-electron chi connectivity index (χ1n) is 13.9. The molecule has 11 heteroatoms. The van der Waals surface area contributed by atoms with Gasteiger partial charge in [0.1, 0.15) is 17.3 Å². The van der Waals surface area contributed by atoms with E-state index in [1.54, 1.807) is 50.6 Å². The minimum absolute atomic E-state index is 0.0836. The number of benzene rings is 3. The van der Waals surface area contributed by atoms with Crippen LogP contribution in [0.15, 0.2) is 71.6 Å². The van der Waals surface area contributed by atoms with E-state index >= 15 is 0 Å². The zero-order valence-corrected chi connectivity index (χ0v) is 24.6. The highest BCUT2D eigenvalue weighted by Gasteiger charge is 2.22. The summed E-state index contributed by atoms with van der Waals surface area (Å²) >= 11 is 0. The summed E-state index contributed by atoms with van der Waals surface area (Å²) in [5.41, 5.74) is 2.48. The second-order valence-corrected chi connectivity index (χ2v) is 12.2. The third-order valence-electron chi connectivity index (χ3n) is 7.16. The third kappa shape index (κ3) is 7.34. The SMILES string of the molecule is COc1cc(Nc2nc3ccccc3nc2CS(=O)(=O)c2cccc(NC(=O)CCN3CCCCC3)c2)cc(OC)c1. The quantitative estimate of drug-likeness (QED) is 0.244. The topological polar surface area (TPSA) is 123 Å². The zero-order chi connectivity index (χ0) is 29.5. The lowest BCUT2D eigenvalue weighted by Crippen LogP contribution is -2.32. The van der Waals surface area contributed by atoms with Gasteiger partial charge < -0.3 is 25.0 Å². The van der Waals surface area contributed by atoms with E-state index in [9.17, 15) is 13.2 Å². The van der Waals surface area contributed by atoms with Gasteiger partial charge in [-0.05, 0) is 56.3 Å². The van der Waals surface area contributed by atoms with E-state index in [1.165, 1.54) is 18.6 Å². The average Bonchev–Trinajstić information content (AvgIpc) is 3.00. The summed E-state index contributed by atoms with van der Waals surface area (Å²) < 4.78 is 38.1. The summed E-state index contributed by atoms with van der Waals surface area (Å²) in [6.45, 7) is 2.72. The molecule has 220 valence electrons. The smallest absolute Gasteiger partial charge is 0.225 e. The van der Waals surface area contributed by atoms with Gasteiger partial charge in [-0.1, -0.05) is 24.6 Å². The number of carbonyl (C=O) groups is 1. The maximum absolute atomic E-state index is 13.7. The van der Waals surface area contributed by atoms with Crippen molar-refractivity contribution in [2.45, 2.75) is 36.3 Å². The van der Waals surface area contributed by atoms with E-state index in [0.717, 1.165) is 25.9 Å². The predicted octanol–water partition coefficient (Wildman–Crippen LogP) is 5.18. The fourth-order valence-electron chi connectivity index (χ4n) is 4.95. The monoisotopic (exact) mass is 589 g/mol. The van der Waals surface area contributed by atoms with Crippen LogP contribution in [0.5, 0.6) is 11.5 Å². The number of methoxy groups -OCH3 is 2. The number of hydrogen-bond acceptors (Lipinski definition) is 9. The number of rotatable bonds is 11. The van der Waals surface area contributed by atoms with E-state index in [-0.39, 0.29) is 16.5 Å². The molecule has 0 atom stereocenters. The second-order valence-electron chi connectivity index (χ2n) is 10.2. The molecule has 4 aromatic rings. The summed E-state index contributed by atoms with van der Waals surface area (Å²) in [6, 6.07) is 18.9. The molecular formula is C31H35N5O5S. The number of carbonyl (C=O) groups excluding carboxylic acids is 1. The summed E-state index contributed by atoms with van der Waals surface area (Å²) in [4.78, 5) is 24.3. The number of aromatic nitrogens is 2. The van der Waals surface area contributed by atoms with Crippen molar-refractivity contribution in [1.82, 2.24) is 14.9 Å². The van der Waals surface area contributed by atoms with Crippen molar-refractivity contribution >= 4 is 44.0 Å². The number of amides is 1. The number of hydrogen-bond donors (Lipinski definition) is 2. The molecule has 2 N–H and O–H groups in total. The first-order chi connectivity index (χ1) is 20.3. The normalized spacial score (nSPS) is 14.0. The van der Waals surface area contributed by atoms with Gasteiger partial charge in [-0.15, -0.1) is 0 Å². The molecule has 0 spiro atoms. The Bertz CT molecular complexity index is 1650.